The van der Waals surface area contributed by atoms with E-state index in [1.165, 1.54) is 42.0 Å². The molecule has 0 fully saturated rings. The van der Waals surface area contributed by atoms with Crippen molar-refractivity contribution in [3.63, 3.8) is 0 Å². The van der Waals surface area contributed by atoms with E-state index in [0.717, 1.165) is 55.8 Å². The quantitative estimate of drug-likeness (QED) is 0.177. The van der Waals surface area contributed by atoms with Crippen LogP contribution < -0.4 is 0 Å². The zero-order valence-electron chi connectivity index (χ0n) is 30.0. The number of para-hydroxylation sites is 2. The van der Waals surface area contributed by atoms with Gasteiger partial charge in [0.1, 0.15) is 0 Å². The highest BCUT2D eigenvalue weighted by atomic mass is 32.1. The Balaban J connectivity index is 1.09. The lowest BCUT2D eigenvalue weighted by Crippen LogP contribution is -2.01. The Bertz CT molecular complexity index is 3480. The zero-order valence-corrected chi connectivity index (χ0v) is 30.9. The van der Waals surface area contributed by atoms with Gasteiger partial charge in [0.2, 0.25) is 0 Å². The van der Waals surface area contributed by atoms with E-state index in [0.29, 0.717) is 5.82 Å². The molecule has 0 saturated heterocycles. The predicted molar refractivity (Wildman–Crippen MR) is 234 cm³/mol. The van der Waals surface area contributed by atoms with Gasteiger partial charge in [-0.3, -0.25) is 0 Å². The van der Waals surface area contributed by atoms with Crippen LogP contribution in [0.25, 0.3) is 104 Å². The monoisotopic (exact) mass is 733 g/mol. The molecular formula is C50H31N5S. The van der Waals surface area contributed by atoms with Crippen LogP contribution in [0.2, 0.25) is 0 Å². The maximum atomic E-state index is 5.20. The summed E-state index contributed by atoms with van der Waals surface area (Å²) in [5.74, 6) is 1.49. The normalized spacial score (nSPS) is 11.9. The number of aromatic nitrogens is 5. The molecule has 8 aromatic carbocycles. The fraction of sp³-hybridized carbons (Fsp3) is 0. The van der Waals surface area contributed by atoms with Crippen LogP contribution in [0.1, 0.15) is 0 Å². The van der Waals surface area contributed by atoms with Crippen molar-refractivity contribution in [1.82, 2.24) is 23.9 Å². The summed E-state index contributed by atoms with van der Waals surface area (Å²) in [6.07, 6.45) is 0. The van der Waals surface area contributed by atoms with Crippen LogP contribution >= 0.6 is 11.3 Å². The summed E-state index contributed by atoms with van der Waals surface area (Å²) in [7, 11) is 0. The number of hydrogen-bond acceptors (Lipinski definition) is 3. The van der Waals surface area contributed by atoms with Crippen LogP contribution in [0.3, 0.4) is 0 Å². The molecule has 0 bridgehead atoms. The minimum Gasteiger partial charge on any atom is -0.309 e. The molecule has 12 rings (SSSR count). The van der Waals surface area contributed by atoms with Crippen LogP contribution in [0.15, 0.2) is 188 Å². The number of fused-ring (bicyclic) bond motifs is 10. The van der Waals surface area contributed by atoms with Crippen LogP contribution in [0.5, 0.6) is 0 Å². The molecule has 262 valence electrons. The molecule has 56 heavy (non-hydrogen) atoms. The minimum atomic E-state index is 0.692. The van der Waals surface area contributed by atoms with Crippen molar-refractivity contribution in [2.24, 2.45) is 0 Å². The van der Waals surface area contributed by atoms with Crippen molar-refractivity contribution in [2.75, 3.05) is 0 Å². The maximum Gasteiger partial charge on any atom is 0.182 e. The lowest BCUT2D eigenvalue weighted by atomic mass is 10.1. The number of thiophene rings is 1. The first kappa shape index (κ1) is 31.1. The fourth-order valence-corrected chi connectivity index (χ4v) is 9.96. The SMILES string of the molecule is c1ccc(-c2nc(-c3ccccc3)n(-c3cccc4c3c3ccccc3n4-c3cccc(-n4c5ccccc5c5c6sc7ccccc7c6ccc54)c3)n2)cc1. The number of hydrogen-bond donors (Lipinski definition) is 0. The van der Waals surface area contributed by atoms with Gasteiger partial charge in [-0.2, -0.15) is 0 Å². The highest BCUT2D eigenvalue weighted by Crippen LogP contribution is 2.44. The van der Waals surface area contributed by atoms with Crippen molar-refractivity contribution in [3.8, 4) is 39.8 Å². The van der Waals surface area contributed by atoms with Gasteiger partial charge in [-0.1, -0.05) is 133 Å². The molecule has 0 saturated carbocycles. The molecule has 0 aliphatic heterocycles. The van der Waals surface area contributed by atoms with Gasteiger partial charge in [0.15, 0.2) is 11.6 Å². The lowest BCUT2D eigenvalue weighted by Gasteiger charge is -2.13. The third-order valence-corrected chi connectivity index (χ3v) is 12.3. The smallest absolute Gasteiger partial charge is 0.182 e. The summed E-state index contributed by atoms with van der Waals surface area (Å²) in [5, 5.41) is 12.7. The van der Waals surface area contributed by atoms with Crippen molar-refractivity contribution in [1.29, 1.82) is 0 Å². The second-order valence-electron chi connectivity index (χ2n) is 14.2. The molecule has 4 heterocycles. The third-order valence-electron chi connectivity index (χ3n) is 11.1. The first-order chi connectivity index (χ1) is 27.8. The average molecular weight is 734 g/mol. The van der Waals surface area contributed by atoms with E-state index >= 15 is 0 Å². The molecular weight excluding hydrogens is 703 g/mol. The van der Waals surface area contributed by atoms with Gasteiger partial charge in [-0.05, 0) is 54.6 Å². The van der Waals surface area contributed by atoms with E-state index in [4.69, 9.17) is 10.1 Å². The Hall–Kier alpha value is -7.28. The minimum absolute atomic E-state index is 0.692. The molecule has 0 aliphatic rings. The first-order valence-electron chi connectivity index (χ1n) is 18.8. The summed E-state index contributed by atoms with van der Waals surface area (Å²) in [5.41, 5.74) is 9.82. The molecule has 5 nitrogen and oxygen atoms in total. The Morgan fingerprint density at radius 3 is 1.71 bits per heavy atom. The largest absolute Gasteiger partial charge is 0.309 e. The average Bonchev–Trinajstić information content (AvgIpc) is 4.04. The standard InChI is InChI=1S/C50H31N5S/c1-3-15-32(16-4-1)49-51-50(33-17-5-2-6-18-33)55(52-49)44-27-14-26-42-46(44)38-22-7-10-24-40(38)53(42)34-19-13-20-35(31-34)54-41-25-11-8-23-39(41)47-43(54)30-29-37-36-21-9-12-28-45(36)56-48(37)47/h1-31H. The van der Waals surface area contributed by atoms with Crippen LogP contribution in [-0.4, -0.2) is 23.9 Å². The van der Waals surface area contributed by atoms with Crippen LogP contribution in [0.4, 0.5) is 0 Å². The molecule has 6 heteroatoms. The molecule has 0 N–H and O–H groups in total. The Morgan fingerprint density at radius 2 is 0.982 bits per heavy atom. The topological polar surface area (TPSA) is 40.6 Å². The summed E-state index contributed by atoms with van der Waals surface area (Å²) in [6, 6.07) is 67.0. The molecule has 0 aliphatic carbocycles. The van der Waals surface area contributed by atoms with E-state index in [2.05, 4.69) is 173 Å². The van der Waals surface area contributed by atoms with Gasteiger partial charge in [-0.15, -0.1) is 16.4 Å². The van der Waals surface area contributed by atoms with Crippen LogP contribution in [-0.2, 0) is 0 Å². The summed E-state index contributed by atoms with van der Waals surface area (Å²) < 4.78 is 9.51. The Labute approximate surface area is 325 Å². The van der Waals surface area contributed by atoms with E-state index < -0.39 is 0 Å². The third kappa shape index (κ3) is 4.54. The zero-order chi connectivity index (χ0) is 36.7. The molecule has 4 aromatic heterocycles. The van der Waals surface area contributed by atoms with Crippen molar-refractivity contribution in [2.45, 2.75) is 0 Å². The van der Waals surface area contributed by atoms with E-state index in [9.17, 15) is 0 Å². The van der Waals surface area contributed by atoms with E-state index in [1.54, 1.807) is 0 Å². The number of rotatable bonds is 5. The highest BCUT2D eigenvalue weighted by molar-refractivity contribution is 7.26. The summed E-state index contributed by atoms with van der Waals surface area (Å²) in [6.45, 7) is 0. The molecule has 0 spiro atoms. The van der Waals surface area contributed by atoms with Crippen molar-refractivity contribution in [3.05, 3.63) is 188 Å². The van der Waals surface area contributed by atoms with Crippen molar-refractivity contribution < 1.29 is 0 Å². The molecule has 0 atom stereocenters. The van der Waals surface area contributed by atoms with Crippen LogP contribution in [0, 0.1) is 0 Å². The molecule has 0 radical (unpaired) electrons. The molecule has 0 amide bonds. The number of nitrogens with zero attached hydrogens (tertiary/aromatic N) is 5. The van der Waals surface area contributed by atoms with E-state index in [1.807, 2.05) is 40.3 Å². The number of benzene rings is 8. The molecule has 0 unspecified atom stereocenters. The fourth-order valence-electron chi connectivity index (χ4n) is 8.70. The molecule has 12 aromatic rings. The van der Waals surface area contributed by atoms with Gasteiger partial charge in [0.05, 0.1) is 27.8 Å². The second-order valence-corrected chi connectivity index (χ2v) is 15.3. The first-order valence-corrected chi connectivity index (χ1v) is 19.7. The predicted octanol–water partition coefficient (Wildman–Crippen LogP) is 13.2. The second kappa shape index (κ2) is 12.1. The summed E-state index contributed by atoms with van der Waals surface area (Å²) >= 11 is 1.89. The lowest BCUT2D eigenvalue weighted by molar-refractivity contribution is 0.898. The van der Waals surface area contributed by atoms with Gasteiger partial charge in [-0.25, -0.2) is 9.67 Å². The van der Waals surface area contributed by atoms with Crippen molar-refractivity contribution >= 4 is 75.1 Å². The van der Waals surface area contributed by atoms with E-state index in [-0.39, 0.29) is 0 Å². The maximum absolute atomic E-state index is 5.20. The van der Waals surface area contributed by atoms with Gasteiger partial charge >= 0.3 is 0 Å². The highest BCUT2D eigenvalue weighted by Gasteiger charge is 2.22. The van der Waals surface area contributed by atoms with Gasteiger partial charge in [0.25, 0.3) is 0 Å². The Morgan fingerprint density at radius 1 is 0.411 bits per heavy atom. The van der Waals surface area contributed by atoms with Gasteiger partial charge < -0.3 is 9.13 Å². The Kier molecular flexibility index (Phi) is 6.73. The van der Waals surface area contributed by atoms with Gasteiger partial charge in [0, 0.05) is 64.2 Å². The summed E-state index contributed by atoms with van der Waals surface area (Å²) in [4.78, 5) is 5.14.